The van der Waals surface area contributed by atoms with Crippen molar-refractivity contribution in [2.75, 3.05) is 0 Å². The lowest BCUT2D eigenvalue weighted by Gasteiger charge is -2.59. The van der Waals surface area contributed by atoms with Crippen molar-refractivity contribution in [1.82, 2.24) is 0 Å². The lowest BCUT2D eigenvalue weighted by molar-refractivity contribution is -0.151. The molecular formula is C17H22O3. The third-order valence-electron chi connectivity index (χ3n) is 5.61. The zero-order valence-corrected chi connectivity index (χ0v) is 12.3. The summed E-state index contributed by atoms with van der Waals surface area (Å²) in [5, 5.41) is 20.6. The van der Waals surface area contributed by atoms with Gasteiger partial charge in [0.2, 0.25) is 0 Å². The molecule has 3 heteroatoms. The van der Waals surface area contributed by atoms with Gasteiger partial charge in [-0.2, -0.15) is 0 Å². The van der Waals surface area contributed by atoms with Gasteiger partial charge >= 0.3 is 0 Å². The fourth-order valence-electron chi connectivity index (χ4n) is 4.26. The van der Waals surface area contributed by atoms with Crippen molar-refractivity contribution in [3.05, 3.63) is 23.3 Å². The highest BCUT2D eigenvalue weighted by Crippen LogP contribution is 2.64. The lowest BCUT2D eigenvalue weighted by Crippen LogP contribution is -2.56. The van der Waals surface area contributed by atoms with E-state index in [4.69, 9.17) is 0 Å². The first kappa shape index (κ1) is 13.5. The maximum absolute atomic E-state index is 12.2. The minimum Gasteiger partial charge on any atom is -0.508 e. The van der Waals surface area contributed by atoms with E-state index >= 15 is 0 Å². The monoisotopic (exact) mass is 274 g/mol. The number of aryl methyl sites for hydroxylation is 1. The molecule has 3 aliphatic rings. The first-order valence-corrected chi connectivity index (χ1v) is 7.43. The van der Waals surface area contributed by atoms with Crippen LogP contribution in [0.1, 0.15) is 50.7 Å². The van der Waals surface area contributed by atoms with Crippen molar-refractivity contribution in [3.63, 3.8) is 0 Å². The van der Waals surface area contributed by atoms with Crippen LogP contribution >= 0.6 is 0 Å². The van der Waals surface area contributed by atoms with Gasteiger partial charge in [0.25, 0.3) is 0 Å². The maximum atomic E-state index is 12.2. The van der Waals surface area contributed by atoms with Gasteiger partial charge in [-0.1, -0.05) is 20.8 Å². The normalized spacial score (nSPS) is 30.9. The van der Waals surface area contributed by atoms with Crippen molar-refractivity contribution >= 4 is 5.78 Å². The number of ketones is 1. The Balaban J connectivity index is 2.03. The summed E-state index contributed by atoms with van der Waals surface area (Å²) in [7, 11) is 0. The van der Waals surface area contributed by atoms with Crippen LogP contribution in [0.2, 0.25) is 0 Å². The molecule has 3 atom stereocenters. The van der Waals surface area contributed by atoms with Crippen molar-refractivity contribution in [2.45, 2.75) is 46.0 Å². The van der Waals surface area contributed by atoms with E-state index in [1.807, 2.05) is 6.92 Å². The van der Waals surface area contributed by atoms with E-state index in [1.165, 1.54) is 0 Å². The van der Waals surface area contributed by atoms with Crippen LogP contribution in [-0.2, 0) is 11.2 Å². The molecule has 3 aliphatic carbocycles. The number of aromatic hydroxyl groups is 2. The second kappa shape index (κ2) is 4.24. The Morgan fingerprint density at radius 3 is 2.30 bits per heavy atom. The molecule has 1 aromatic rings. The summed E-state index contributed by atoms with van der Waals surface area (Å²) >= 11 is 0. The molecule has 2 bridgehead atoms. The number of Topliss-reactive ketones (excluding diaryl/α,β-unsaturated/α-hetero) is 1. The molecule has 0 heterocycles. The first-order chi connectivity index (χ1) is 9.36. The highest BCUT2D eigenvalue weighted by atomic mass is 16.3. The number of carbonyl (C=O) groups is 1. The van der Waals surface area contributed by atoms with E-state index in [2.05, 4.69) is 13.8 Å². The van der Waals surface area contributed by atoms with Crippen LogP contribution in [0.3, 0.4) is 0 Å². The lowest BCUT2D eigenvalue weighted by atomic mass is 9.44. The van der Waals surface area contributed by atoms with Crippen molar-refractivity contribution in [2.24, 2.45) is 17.3 Å². The molecule has 3 saturated carbocycles. The van der Waals surface area contributed by atoms with Crippen molar-refractivity contribution in [1.29, 1.82) is 0 Å². The Bertz CT molecular complexity index is 551. The molecule has 0 spiro atoms. The van der Waals surface area contributed by atoms with Crippen LogP contribution in [0, 0.1) is 17.3 Å². The van der Waals surface area contributed by atoms with E-state index in [-0.39, 0.29) is 34.5 Å². The zero-order chi connectivity index (χ0) is 14.7. The predicted molar refractivity (Wildman–Crippen MR) is 76.9 cm³/mol. The number of phenolic OH excluding ortho intramolecular Hbond substituents is 2. The van der Waals surface area contributed by atoms with Crippen LogP contribution in [0.5, 0.6) is 11.5 Å². The van der Waals surface area contributed by atoms with Crippen LogP contribution in [0.15, 0.2) is 12.1 Å². The third kappa shape index (κ3) is 1.68. The summed E-state index contributed by atoms with van der Waals surface area (Å²) < 4.78 is 0. The van der Waals surface area contributed by atoms with Gasteiger partial charge in [0.15, 0.2) is 0 Å². The van der Waals surface area contributed by atoms with Gasteiger partial charge in [-0.25, -0.2) is 0 Å². The predicted octanol–water partition coefficient (Wildman–Crippen LogP) is 3.38. The third-order valence-corrected chi connectivity index (χ3v) is 5.61. The topological polar surface area (TPSA) is 57.5 Å². The SMILES string of the molecule is CCc1cc(O)c(C2CC(=O)[C@@H]3C[C@H]2C3(C)C)c(O)c1. The van der Waals surface area contributed by atoms with E-state index in [0.717, 1.165) is 18.4 Å². The fraction of sp³-hybridized carbons (Fsp3) is 0.588. The molecule has 3 fully saturated rings. The molecule has 0 aromatic heterocycles. The molecule has 0 radical (unpaired) electrons. The van der Waals surface area contributed by atoms with Gasteiger partial charge in [-0.05, 0) is 41.9 Å². The van der Waals surface area contributed by atoms with Gasteiger partial charge in [0, 0.05) is 23.8 Å². The Labute approximate surface area is 119 Å². The van der Waals surface area contributed by atoms with Crippen LogP contribution in [0.4, 0.5) is 0 Å². The Hall–Kier alpha value is -1.51. The fourth-order valence-corrected chi connectivity index (χ4v) is 4.26. The number of carbonyl (C=O) groups excluding carboxylic acids is 1. The van der Waals surface area contributed by atoms with E-state index < -0.39 is 0 Å². The molecule has 108 valence electrons. The molecule has 2 N–H and O–H groups in total. The Morgan fingerprint density at radius 1 is 1.25 bits per heavy atom. The number of phenols is 2. The van der Waals surface area contributed by atoms with Crippen LogP contribution in [-0.4, -0.2) is 16.0 Å². The molecule has 20 heavy (non-hydrogen) atoms. The summed E-state index contributed by atoms with van der Waals surface area (Å²) in [5.74, 6) is 1.05. The van der Waals surface area contributed by atoms with E-state index in [1.54, 1.807) is 12.1 Å². The standard InChI is InChI=1S/C17H22O3/c1-4-9-5-14(19)16(15(20)6-9)10-7-13(18)12-8-11(10)17(12,2)3/h5-6,10-12,19-20H,4,7-8H2,1-3H3/t10?,11-,12+/m1/s1. The number of hydrogen-bond donors (Lipinski definition) is 2. The highest BCUT2D eigenvalue weighted by Gasteiger charge is 2.59. The maximum Gasteiger partial charge on any atom is 0.137 e. The second-order valence-corrected chi connectivity index (χ2v) is 6.89. The molecular weight excluding hydrogens is 252 g/mol. The highest BCUT2D eigenvalue weighted by molar-refractivity contribution is 5.86. The largest absolute Gasteiger partial charge is 0.508 e. The molecule has 0 amide bonds. The summed E-state index contributed by atoms with van der Waals surface area (Å²) in [6, 6.07) is 3.44. The van der Waals surface area contributed by atoms with Crippen LogP contribution in [0.25, 0.3) is 0 Å². The van der Waals surface area contributed by atoms with Gasteiger partial charge in [0.1, 0.15) is 17.3 Å². The number of hydrogen-bond acceptors (Lipinski definition) is 3. The molecule has 4 rings (SSSR count). The number of benzene rings is 1. The smallest absolute Gasteiger partial charge is 0.137 e. The average molecular weight is 274 g/mol. The van der Waals surface area contributed by atoms with Crippen LogP contribution < -0.4 is 0 Å². The molecule has 3 nitrogen and oxygen atoms in total. The minimum atomic E-state index is -0.0478. The van der Waals surface area contributed by atoms with E-state index in [9.17, 15) is 15.0 Å². The summed E-state index contributed by atoms with van der Waals surface area (Å²) in [6.07, 6.45) is 2.11. The molecule has 0 aliphatic heterocycles. The zero-order valence-electron chi connectivity index (χ0n) is 12.3. The Morgan fingerprint density at radius 2 is 1.85 bits per heavy atom. The number of fused-ring (bicyclic) bond motifs is 2. The average Bonchev–Trinajstić information content (AvgIpc) is 2.36. The van der Waals surface area contributed by atoms with Gasteiger partial charge < -0.3 is 10.2 Å². The minimum absolute atomic E-state index is 0.0116. The molecule has 1 unspecified atom stereocenters. The Kier molecular flexibility index (Phi) is 2.86. The first-order valence-electron chi connectivity index (χ1n) is 7.43. The summed E-state index contributed by atoms with van der Waals surface area (Å²) in [5.41, 5.74) is 1.48. The molecule has 0 saturated heterocycles. The van der Waals surface area contributed by atoms with Gasteiger partial charge in [-0.3, -0.25) is 4.79 Å². The van der Waals surface area contributed by atoms with Gasteiger partial charge in [0.05, 0.1) is 0 Å². The quantitative estimate of drug-likeness (QED) is 0.869. The second-order valence-electron chi connectivity index (χ2n) is 6.89. The summed E-state index contributed by atoms with van der Waals surface area (Å²) in [6.45, 7) is 6.24. The number of rotatable bonds is 2. The molecule has 1 aromatic carbocycles. The summed E-state index contributed by atoms with van der Waals surface area (Å²) in [4.78, 5) is 12.2. The van der Waals surface area contributed by atoms with Gasteiger partial charge in [-0.15, -0.1) is 0 Å². The van der Waals surface area contributed by atoms with E-state index in [0.29, 0.717) is 17.9 Å². The van der Waals surface area contributed by atoms with Crippen molar-refractivity contribution in [3.8, 4) is 11.5 Å². The van der Waals surface area contributed by atoms with Crippen molar-refractivity contribution < 1.29 is 15.0 Å².